The van der Waals surface area contributed by atoms with Crippen LogP contribution in [0.4, 0.5) is 0 Å². The Kier molecular flexibility index (Phi) is 5.22. The van der Waals surface area contributed by atoms with Gasteiger partial charge in [0, 0.05) is 19.0 Å². The molecule has 1 aromatic rings. The van der Waals surface area contributed by atoms with Gasteiger partial charge in [-0.25, -0.2) is 0 Å². The van der Waals surface area contributed by atoms with Crippen molar-refractivity contribution in [3.63, 3.8) is 0 Å². The molecule has 1 atom stereocenters. The van der Waals surface area contributed by atoms with Crippen LogP contribution in [0.15, 0.2) is 10.9 Å². The summed E-state index contributed by atoms with van der Waals surface area (Å²) in [7, 11) is 0. The van der Waals surface area contributed by atoms with E-state index in [1.807, 2.05) is 0 Å². The minimum atomic E-state index is 0.585. The van der Waals surface area contributed by atoms with E-state index in [0.717, 1.165) is 18.8 Å². The van der Waals surface area contributed by atoms with Crippen molar-refractivity contribution in [2.24, 2.45) is 0 Å². The largest absolute Gasteiger partial charge is 0.343 e. The zero-order valence-electron chi connectivity index (χ0n) is 8.99. The van der Waals surface area contributed by atoms with Crippen molar-refractivity contribution in [3.05, 3.63) is 12.2 Å². The summed E-state index contributed by atoms with van der Waals surface area (Å²) in [6.45, 7) is 5.35. The Morgan fingerprint density at radius 3 is 3.07 bits per heavy atom. The fourth-order valence-electron chi connectivity index (χ4n) is 1.35. The first-order valence-corrected chi connectivity index (χ1v) is 5.31. The molecule has 4 nitrogen and oxygen atoms in total. The van der Waals surface area contributed by atoms with E-state index in [1.165, 1.54) is 25.7 Å². The highest BCUT2D eigenvalue weighted by atomic mass is 16.5. The predicted molar refractivity (Wildman–Crippen MR) is 55.0 cm³/mol. The van der Waals surface area contributed by atoms with Crippen molar-refractivity contribution in [1.82, 2.24) is 15.5 Å². The predicted octanol–water partition coefficient (Wildman–Crippen LogP) is 1.78. The molecule has 0 aliphatic rings. The third-order valence-corrected chi connectivity index (χ3v) is 2.24. The van der Waals surface area contributed by atoms with Gasteiger partial charge < -0.3 is 9.84 Å². The number of rotatable bonds is 7. The Morgan fingerprint density at radius 1 is 1.57 bits per heavy atom. The summed E-state index contributed by atoms with van der Waals surface area (Å²) >= 11 is 0. The number of aromatic nitrogens is 2. The topological polar surface area (TPSA) is 51.0 Å². The average molecular weight is 197 g/mol. The Balaban J connectivity index is 2.03. The molecule has 1 heterocycles. The van der Waals surface area contributed by atoms with Crippen molar-refractivity contribution in [1.29, 1.82) is 0 Å². The van der Waals surface area contributed by atoms with E-state index in [9.17, 15) is 0 Å². The van der Waals surface area contributed by atoms with Gasteiger partial charge in [-0.15, -0.1) is 0 Å². The van der Waals surface area contributed by atoms with Gasteiger partial charge in [0.15, 0.2) is 5.82 Å². The van der Waals surface area contributed by atoms with Crippen molar-refractivity contribution < 1.29 is 4.52 Å². The van der Waals surface area contributed by atoms with Crippen molar-refractivity contribution >= 4 is 0 Å². The van der Waals surface area contributed by atoms with Gasteiger partial charge in [0.25, 0.3) is 0 Å². The van der Waals surface area contributed by atoms with E-state index < -0.39 is 0 Å². The molecule has 0 aliphatic carbocycles. The molecule has 0 bridgehead atoms. The first-order chi connectivity index (χ1) is 6.83. The monoisotopic (exact) mass is 197 g/mol. The molecule has 14 heavy (non-hydrogen) atoms. The zero-order valence-corrected chi connectivity index (χ0v) is 8.99. The average Bonchev–Trinajstić information content (AvgIpc) is 2.67. The highest BCUT2D eigenvalue weighted by molar-refractivity contribution is 4.79. The molecule has 0 fully saturated rings. The fourth-order valence-corrected chi connectivity index (χ4v) is 1.35. The molecule has 0 aliphatic heterocycles. The maximum absolute atomic E-state index is 4.65. The Hall–Kier alpha value is -0.900. The van der Waals surface area contributed by atoms with Gasteiger partial charge in [0.1, 0.15) is 0 Å². The van der Waals surface area contributed by atoms with Gasteiger partial charge in [-0.3, -0.25) is 0 Å². The lowest BCUT2D eigenvalue weighted by molar-refractivity contribution is 0.407. The van der Waals surface area contributed by atoms with E-state index in [4.69, 9.17) is 0 Å². The minimum absolute atomic E-state index is 0.585. The van der Waals surface area contributed by atoms with Crippen LogP contribution in [-0.2, 0) is 6.42 Å². The number of hydrogen-bond donors (Lipinski definition) is 1. The van der Waals surface area contributed by atoms with Crippen molar-refractivity contribution in [3.8, 4) is 0 Å². The molecular weight excluding hydrogens is 178 g/mol. The fraction of sp³-hybridized carbons (Fsp3) is 0.800. The van der Waals surface area contributed by atoms with Crippen LogP contribution < -0.4 is 5.32 Å². The highest BCUT2D eigenvalue weighted by Gasteiger charge is 2.01. The van der Waals surface area contributed by atoms with Gasteiger partial charge in [-0.05, 0) is 13.3 Å². The lowest BCUT2D eigenvalue weighted by Gasteiger charge is -2.11. The molecule has 0 saturated carbocycles. The van der Waals surface area contributed by atoms with Crippen LogP contribution in [0, 0.1) is 0 Å². The molecule has 0 saturated heterocycles. The molecular formula is C10H19N3O. The number of unbranched alkanes of at least 4 members (excludes halogenated alkanes) is 1. The summed E-state index contributed by atoms with van der Waals surface area (Å²) < 4.78 is 4.65. The summed E-state index contributed by atoms with van der Waals surface area (Å²) in [5, 5.41) is 7.18. The smallest absolute Gasteiger partial charge is 0.213 e. The number of nitrogens with one attached hydrogen (secondary N) is 1. The summed E-state index contributed by atoms with van der Waals surface area (Å²) in [5.41, 5.74) is 0. The van der Waals surface area contributed by atoms with Crippen LogP contribution in [0.3, 0.4) is 0 Å². The van der Waals surface area contributed by atoms with Crippen LogP contribution in [0.2, 0.25) is 0 Å². The maximum atomic E-state index is 4.65. The van der Waals surface area contributed by atoms with Gasteiger partial charge in [0.05, 0.1) is 0 Å². The lowest BCUT2D eigenvalue weighted by Crippen LogP contribution is -2.28. The normalized spacial score (nSPS) is 13.0. The first-order valence-electron chi connectivity index (χ1n) is 5.31. The molecule has 1 unspecified atom stereocenters. The van der Waals surface area contributed by atoms with E-state index in [2.05, 4.69) is 33.8 Å². The summed E-state index contributed by atoms with van der Waals surface area (Å²) in [6, 6.07) is 0.585. The quantitative estimate of drug-likeness (QED) is 0.724. The van der Waals surface area contributed by atoms with Crippen LogP contribution >= 0.6 is 0 Å². The van der Waals surface area contributed by atoms with Crippen LogP contribution in [0.1, 0.15) is 38.9 Å². The molecule has 1 aromatic heterocycles. The number of hydrogen-bond acceptors (Lipinski definition) is 4. The second kappa shape index (κ2) is 6.54. The lowest BCUT2D eigenvalue weighted by atomic mass is 10.1. The molecule has 80 valence electrons. The Labute approximate surface area is 85.1 Å². The third kappa shape index (κ3) is 4.37. The van der Waals surface area contributed by atoms with Gasteiger partial charge in [-0.1, -0.05) is 24.9 Å². The van der Waals surface area contributed by atoms with E-state index >= 15 is 0 Å². The Morgan fingerprint density at radius 2 is 2.43 bits per heavy atom. The summed E-state index contributed by atoms with van der Waals surface area (Å²) in [6.07, 6.45) is 6.00. The molecule has 0 spiro atoms. The van der Waals surface area contributed by atoms with Gasteiger partial charge >= 0.3 is 0 Å². The van der Waals surface area contributed by atoms with E-state index in [0.29, 0.717) is 6.04 Å². The Bertz CT molecular complexity index is 223. The SMILES string of the molecule is CCCCC(C)NCCc1ncon1. The molecule has 4 heteroatoms. The second-order valence-corrected chi connectivity index (χ2v) is 3.59. The van der Waals surface area contributed by atoms with E-state index in [1.54, 1.807) is 0 Å². The van der Waals surface area contributed by atoms with Crippen LogP contribution in [0.25, 0.3) is 0 Å². The summed E-state index contributed by atoms with van der Waals surface area (Å²) in [4.78, 5) is 3.96. The highest BCUT2D eigenvalue weighted by Crippen LogP contribution is 1.99. The van der Waals surface area contributed by atoms with Crippen molar-refractivity contribution in [2.75, 3.05) is 6.54 Å². The van der Waals surface area contributed by atoms with Gasteiger partial charge in [-0.2, -0.15) is 4.98 Å². The second-order valence-electron chi connectivity index (χ2n) is 3.59. The molecule has 0 amide bonds. The molecule has 0 radical (unpaired) electrons. The van der Waals surface area contributed by atoms with Gasteiger partial charge in [0.2, 0.25) is 6.39 Å². The van der Waals surface area contributed by atoms with Crippen molar-refractivity contribution in [2.45, 2.75) is 45.6 Å². The summed E-state index contributed by atoms with van der Waals surface area (Å²) in [5.74, 6) is 0.778. The van der Waals surface area contributed by atoms with Crippen LogP contribution in [-0.4, -0.2) is 22.7 Å². The van der Waals surface area contributed by atoms with Crippen LogP contribution in [0.5, 0.6) is 0 Å². The standard InChI is InChI=1S/C10H19N3O/c1-3-4-5-9(2)11-7-6-10-12-8-14-13-10/h8-9,11H,3-7H2,1-2H3. The van der Waals surface area contributed by atoms with E-state index in [-0.39, 0.29) is 0 Å². The minimum Gasteiger partial charge on any atom is -0.343 e. The third-order valence-electron chi connectivity index (χ3n) is 2.24. The first kappa shape index (κ1) is 11.2. The molecule has 1 N–H and O–H groups in total. The molecule has 1 rings (SSSR count). The molecule has 0 aromatic carbocycles. The number of nitrogens with zero attached hydrogens (tertiary/aromatic N) is 2. The zero-order chi connectivity index (χ0) is 10.2. The maximum Gasteiger partial charge on any atom is 0.213 e.